The van der Waals surface area contributed by atoms with E-state index in [2.05, 4.69) is 89.8 Å². The Morgan fingerprint density at radius 1 is 0.529 bits per heavy atom. The van der Waals surface area contributed by atoms with Crippen LogP contribution >= 0.6 is 22.7 Å². The fourth-order valence-corrected chi connectivity index (χ4v) is 9.43. The van der Waals surface area contributed by atoms with Gasteiger partial charge in [-0.25, -0.2) is 0 Å². The van der Waals surface area contributed by atoms with Crippen molar-refractivity contribution in [1.29, 1.82) is 0 Å². The lowest BCUT2D eigenvalue weighted by Gasteiger charge is -2.19. The highest BCUT2D eigenvalue weighted by Gasteiger charge is 2.16. The maximum Gasteiger partial charge on any atom is 0.197 e. The Bertz CT molecular complexity index is 2070. The van der Waals surface area contributed by atoms with Crippen molar-refractivity contribution in [3.8, 4) is 0 Å². The van der Waals surface area contributed by atoms with Gasteiger partial charge in [0, 0.05) is 67.1 Å². The SMILES string of the molecule is CCN(CC)CCNc1ccc(CCNCCc2ccc(NCCN(CC)CC)c3c(=O)c4ccccc4sc23)c2sc3ccccc3c(=O)c12. The molecule has 6 rings (SSSR count). The Kier molecular flexibility index (Phi) is 12.7. The van der Waals surface area contributed by atoms with Gasteiger partial charge in [0.1, 0.15) is 0 Å². The van der Waals surface area contributed by atoms with Crippen molar-refractivity contribution >= 4 is 74.4 Å². The Morgan fingerprint density at radius 3 is 1.35 bits per heavy atom. The molecule has 268 valence electrons. The van der Waals surface area contributed by atoms with E-state index in [-0.39, 0.29) is 10.9 Å². The summed E-state index contributed by atoms with van der Waals surface area (Å²) in [5, 5.41) is 14.0. The van der Waals surface area contributed by atoms with E-state index in [4.69, 9.17) is 0 Å². The summed E-state index contributed by atoms with van der Waals surface area (Å²) in [6, 6.07) is 24.5. The molecule has 9 heteroatoms. The second-order valence-corrected chi connectivity index (χ2v) is 15.1. The normalized spacial score (nSPS) is 11.9. The number of nitrogens with one attached hydrogen (secondary N) is 3. The summed E-state index contributed by atoms with van der Waals surface area (Å²) < 4.78 is 4.18. The molecular formula is C42H51N5O2S2. The van der Waals surface area contributed by atoms with E-state index in [9.17, 15) is 9.59 Å². The van der Waals surface area contributed by atoms with Crippen molar-refractivity contribution in [3.05, 3.63) is 104 Å². The Balaban J connectivity index is 1.19. The molecule has 0 fully saturated rings. The van der Waals surface area contributed by atoms with Gasteiger partial charge in [0.15, 0.2) is 10.9 Å². The van der Waals surface area contributed by atoms with Crippen LogP contribution in [0.3, 0.4) is 0 Å². The zero-order valence-electron chi connectivity index (χ0n) is 30.4. The van der Waals surface area contributed by atoms with E-state index in [1.165, 1.54) is 11.1 Å². The van der Waals surface area contributed by atoms with Crippen LogP contribution in [-0.4, -0.2) is 75.2 Å². The van der Waals surface area contributed by atoms with Crippen molar-refractivity contribution in [2.75, 3.05) is 76.1 Å². The highest BCUT2D eigenvalue weighted by molar-refractivity contribution is 7.25. The van der Waals surface area contributed by atoms with Gasteiger partial charge in [-0.15, -0.1) is 22.7 Å². The van der Waals surface area contributed by atoms with E-state index in [0.29, 0.717) is 0 Å². The second-order valence-electron chi connectivity index (χ2n) is 13.0. The van der Waals surface area contributed by atoms with Gasteiger partial charge >= 0.3 is 0 Å². The summed E-state index contributed by atoms with van der Waals surface area (Å²) in [6.07, 6.45) is 1.64. The van der Waals surface area contributed by atoms with Crippen molar-refractivity contribution in [1.82, 2.24) is 15.1 Å². The lowest BCUT2D eigenvalue weighted by atomic mass is 10.0. The molecule has 3 N–H and O–H groups in total. The molecule has 2 heterocycles. The molecule has 51 heavy (non-hydrogen) atoms. The molecular weight excluding hydrogens is 671 g/mol. The van der Waals surface area contributed by atoms with E-state index < -0.39 is 0 Å². The molecule has 0 bridgehead atoms. The zero-order chi connectivity index (χ0) is 35.7. The molecule has 0 radical (unpaired) electrons. The van der Waals surface area contributed by atoms with Gasteiger partial charge in [-0.3, -0.25) is 9.59 Å². The van der Waals surface area contributed by atoms with E-state index >= 15 is 0 Å². The maximum atomic E-state index is 13.9. The van der Waals surface area contributed by atoms with E-state index in [1.54, 1.807) is 22.7 Å². The molecule has 2 aromatic heterocycles. The van der Waals surface area contributed by atoms with Crippen LogP contribution in [0.25, 0.3) is 40.3 Å². The third-order valence-electron chi connectivity index (χ3n) is 10.0. The van der Waals surface area contributed by atoms with Crippen LogP contribution in [0.15, 0.2) is 82.4 Å². The third kappa shape index (κ3) is 8.29. The molecule has 0 amide bonds. The maximum absolute atomic E-state index is 13.9. The highest BCUT2D eigenvalue weighted by Crippen LogP contribution is 2.34. The first-order valence-electron chi connectivity index (χ1n) is 18.5. The van der Waals surface area contributed by atoms with E-state index in [1.807, 2.05) is 36.4 Å². The minimum atomic E-state index is 0.101. The van der Waals surface area contributed by atoms with Crippen molar-refractivity contribution in [3.63, 3.8) is 0 Å². The molecule has 6 aromatic rings. The lowest BCUT2D eigenvalue weighted by molar-refractivity contribution is 0.316. The molecule has 0 aliphatic rings. The first kappa shape index (κ1) is 36.9. The fraction of sp³-hybridized carbons (Fsp3) is 0.381. The number of anilines is 2. The minimum Gasteiger partial charge on any atom is -0.383 e. The standard InChI is InChI=1S/C42H51N5O2S2/c1-5-46(6-2)27-25-44-33-19-17-29(41-37(33)39(48)31-13-9-11-15-35(31)50-41)21-23-43-24-22-30-18-20-34(45-26-28-47(7-3)8-4)38-40(49)32-14-10-12-16-36(32)51-42(30)38/h9-20,43-45H,5-8,21-28H2,1-4H3. The van der Waals surface area contributed by atoms with Crippen LogP contribution in [-0.2, 0) is 12.8 Å². The van der Waals surface area contributed by atoms with Gasteiger partial charge in [-0.05, 0) is 99.6 Å². The predicted molar refractivity (Wildman–Crippen MR) is 224 cm³/mol. The molecule has 0 saturated heterocycles. The Hall–Kier alpha value is -3.86. The summed E-state index contributed by atoms with van der Waals surface area (Å²) in [6.45, 7) is 17.8. The predicted octanol–water partition coefficient (Wildman–Crippen LogP) is 8.03. The summed E-state index contributed by atoms with van der Waals surface area (Å²) in [7, 11) is 0. The average molecular weight is 722 g/mol. The molecule has 0 spiro atoms. The molecule has 4 aromatic carbocycles. The van der Waals surface area contributed by atoms with Crippen molar-refractivity contribution in [2.24, 2.45) is 0 Å². The van der Waals surface area contributed by atoms with Crippen LogP contribution in [0.2, 0.25) is 0 Å². The van der Waals surface area contributed by atoms with Crippen molar-refractivity contribution < 1.29 is 0 Å². The van der Waals surface area contributed by atoms with Crippen LogP contribution in [0, 0.1) is 0 Å². The van der Waals surface area contributed by atoms with Crippen LogP contribution in [0.5, 0.6) is 0 Å². The first-order valence-corrected chi connectivity index (χ1v) is 20.2. The number of nitrogens with zero attached hydrogens (tertiary/aromatic N) is 2. The first-order chi connectivity index (χ1) is 25.0. The summed E-state index contributed by atoms with van der Waals surface area (Å²) in [4.78, 5) is 32.5. The quantitative estimate of drug-likeness (QED) is 0.0613. The Morgan fingerprint density at radius 2 is 0.941 bits per heavy atom. The smallest absolute Gasteiger partial charge is 0.197 e. The van der Waals surface area contributed by atoms with Gasteiger partial charge in [0.2, 0.25) is 0 Å². The number of rotatable bonds is 18. The highest BCUT2D eigenvalue weighted by atomic mass is 32.1. The number of hydrogen-bond donors (Lipinski definition) is 3. The molecule has 0 aliphatic heterocycles. The summed E-state index contributed by atoms with van der Waals surface area (Å²) >= 11 is 3.43. The number of benzene rings is 4. The van der Waals surface area contributed by atoms with Crippen LogP contribution < -0.4 is 26.8 Å². The van der Waals surface area contributed by atoms with Crippen molar-refractivity contribution in [2.45, 2.75) is 40.5 Å². The monoisotopic (exact) mass is 721 g/mol. The largest absolute Gasteiger partial charge is 0.383 e. The summed E-state index contributed by atoms with van der Waals surface area (Å²) in [5.74, 6) is 0. The number of hydrogen-bond acceptors (Lipinski definition) is 9. The topological polar surface area (TPSA) is 76.7 Å². The number of fused-ring (bicyclic) bond motifs is 4. The van der Waals surface area contributed by atoms with Crippen LogP contribution in [0.4, 0.5) is 11.4 Å². The second kappa shape index (κ2) is 17.6. The van der Waals surface area contributed by atoms with Gasteiger partial charge in [-0.2, -0.15) is 0 Å². The van der Waals surface area contributed by atoms with E-state index in [0.717, 1.165) is 130 Å². The molecule has 0 atom stereocenters. The fourth-order valence-electron chi connectivity index (χ4n) is 6.95. The molecule has 0 aliphatic carbocycles. The molecule has 0 saturated carbocycles. The van der Waals surface area contributed by atoms with Gasteiger partial charge in [0.05, 0.1) is 10.8 Å². The molecule has 0 unspecified atom stereocenters. The number of likely N-dealkylation sites (N-methyl/N-ethyl adjacent to an activating group) is 2. The summed E-state index contributed by atoms with van der Waals surface area (Å²) in [5.41, 5.74) is 4.42. The molecule has 7 nitrogen and oxygen atoms in total. The van der Waals surface area contributed by atoms with Gasteiger partial charge in [0.25, 0.3) is 0 Å². The van der Waals surface area contributed by atoms with Crippen LogP contribution in [0.1, 0.15) is 38.8 Å². The zero-order valence-corrected chi connectivity index (χ0v) is 32.1. The van der Waals surface area contributed by atoms with Gasteiger partial charge < -0.3 is 25.8 Å². The van der Waals surface area contributed by atoms with Gasteiger partial charge in [-0.1, -0.05) is 64.1 Å². The third-order valence-corrected chi connectivity index (χ3v) is 12.5. The minimum absolute atomic E-state index is 0.101. The Labute approximate surface area is 309 Å². The lowest BCUT2D eigenvalue weighted by Crippen LogP contribution is -2.28. The average Bonchev–Trinajstić information content (AvgIpc) is 3.16.